The molecule has 1 amide bonds. The van der Waals surface area contributed by atoms with E-state index in [1.54, 1.807) is 37.3 Å². The Hall–Kier alpha value is -1.56. The maximum Gasteiger partial charge on any atom is 0.391 e. The minimum absolute atomic E-state index is 0.00118. The number of nitrogens with two attached hydrogens (primary N) is 1. The molecule has 1 aromatic carbocycles. The fraction of sp³-hybridized carbons (Fsp3) is 0.462. The molecule has 0 aliphatic carbocycles. The van der Waals surface area contributed by atoms with Gasteiger partial charge in [-0.15, -0.1) is 0 Å². The van der Waals surface area contributed by atoms with Crippen LogP contribution < -0.4 is 11.1 Å². The molecule has 0 radical (unpaired) electrons. The number of hydrogen-bond donors (Lipinski definition) is 2. The summed E-state index contributed by atoms with van der Waals surface area (Å²) in [6, 6.07) is 6.63. The molecule has 0 saturated carbocycles. The first kappa shape index (κ1) is 15.5. The molecule has 0 saturated heterocycles. The molecule has 0 bridgehead atoms. The number of hydrogen-bond acceptors (Lipinski definition) is 2. The zero-order chi connectivity index (χ0) is 14.5. The van der Waals surface area contributed by atoms with Gasteiger partial charge in [0.15, 0.2) is 0 Å². The molecule has 0 aromatic heterocycles. The maximum atomic E-state index is 12.5. The molecule has 3 N–H and O–H groups in total. The van der Waals surface area contributed by atoms with Gasteiger partial charge in [0.1, 0.15) is 0 Å². The van der Waals surface area contributed by atoms with Gasteiger partial charge in [0, 0.05) is 12.5 Å². The van der Waals surface area contributed by atoms with Gasteiger partial charge in [-0.05, 0) is 12.5 Å². The second-order valence-electron chi connectivity index (χ2n) is 4.53. The number of carbonyl (C=O) groups is 1. The van der Waals surface area contributed by atoms with E-state index in [9.17, 15) is 18.0 Å². The number of amides is 1. The van der Waals surface area contributed by atoms with Crippen molar-refractivity contribution < 1.29 is 18.0 Å². The summed E-state index contributed by atoms with van der Waals surface area (Å²) in [5.41, 5.74) is 5.88. The average Bonchev–Trinajstić information content (AvgIpc) is 2.26. The third kappa shape index (κ3) is 6.24. The molecule has 6 heteroatoms. The Balaban J connectivity index is 2.79. The summed E-state index contributed by atoms with van der Waals surface area (Å²) >= 11 is 0. The van der Waals surface area contributed by atoms with Crippen molar-refractivity contribution in [2.75, 3.05) is 0 Å². The highest BCUT2D eigenvalue weighted by atomic mass is 19.4. The molecule has 1 rings (SSSR count). The van der Waals surface area contributed by atoms with Gasteiger partial charge in [0.2, 0.25) is 5.91 Å². The van der Waals surface area contributed by atoms with Crippen molar-refractivity contribution in [3.63, 3.8) is 0 Å². The molecule has 0 fully saturated rings. The van der Waals surface area contributed by atoms with Crippen molar-refractivity contribution in [3.8, 4) is 0 Å². The summed E-state index contributed by atoms with van der Waals surface area (Å²) in [4.78, 5) is 11.6. The Kier molecular flexibility index (Phi) is 5.35. The Bertz CT molecular complexity index is 404. The molecular weight excluding hydrogens is 257 g/mol. The number of halogens is 3. The lowest BCUT2D eigenvalue weighted by Crippen LogP contribution is -2.35. The van der Waals surface area contributed by atoms with Crippen LogP contribution in [0.5, 0.6) is 0 Å². The molecule has 3 nitrogen and oxygen atoms in total. The Morgan fingerprint density at radius 3 is 2.37 bits per heavy atom. The van der Waals surface area contributed by atoms with Crippen molar-refractivity contribution in [2.45, 2.75) is 38.0 Å². The molecule has 19 heavy (non-hydrogen) atoms. The van der Waals surface area contributed by atoms with Crippen LogP contribution in [0.2, 0.25) is 0 Å². The Morgan fingerprint density at radius 2 is 1.89 bits per heavy atom. The second-order valence-corrected chi connectivity index (χ2v) is 4.53. The topological polar surface area (TPSA) is 55.1 Å². The average molecular weight is 274 g/mol. The van der Waals surface area contributed by atoms with Crippen LogP contribution >= 0.6 is 0 Å². The number of carbonyl (C=O) groups excluding carboxylic acids is 1. The summed E-state index contributed by atoms with van der Waals surface area (Å²) in [5, 5.41) is 2.38. The van der Waals surface area contributed by atoms with Gasteiger partial charge in [0.05, 0.1) is 12.5 Å². The van der Waals surface area contributed by atoms with Crippen LogP contribution in [0.4, 0.5) is 13.2 Å². The second kappa shape index (κ2) is 6.56. The summed E-state index contributed by atoms with van der Waals surface area (Å²) in [7, 11) is 0. The first-order chi connectivity index (χ1) is 8.78. The highest BCUT2D eigenvalue weighted by molar-refractivity contribution is 5.77. The molecule has 0 spiro atoms. The van der Waals surface area contributed by atoms with E-state index in [-0.39, 0.29) is 12.5 Å². The van der Waals surface area contributed by atoms with E-state index in [1.165, 1.54) is 0 Å². The number of rotatable bonds is 5. The predicted octanol–water partition coefficient (Wildman–Crippen LogP) is 2.53. The van der Waals surface area contributed by atoms with Crippen LogP contribution in [0.3, 0.4) is 0 Å². The Morgan fingerprint density at radius 1 is 1.32 bits per heavy atom. The molecule has 0 aliphatic rings. The minimum atomic E-state index is -4.35. The van der Waals surface area contributed by atoms with E-state index >= 15 is 0 Å². The van der Waals surface area contributed by atoms with Crippen LogP contribution in [0.15, 0.2) is 30.3 Å². The lowest BCUT2D eigenvalue weighted by molar-refractivity contribution is -0.142. The monoisotopic (exact) mass is 274 g/mol. The molecule has 2 atom stereocenters. The van der Waals surface area contributed by atoms with E-state index < -0.39 is 24.5 Å². The third-order valence-corrected chi connectivity index (χ3v) is 2.48. The highest BCUT2D eigenvalue weighted by Gasteiger charge is 2.33. The van der Waals surface area contributed by atoms with Gasteiger partial charge >= 0.3 is 6.18 Å². The summed E-state index contributed by atoms with van der Waals surface area (Å²) in [6.45, 7) is 1.63. The Labute approximate surface area is 110 Å². The lowest BCUT2D eigenvalue weighted by Gasteiger charge is -2.21. The molecule has 0 aliphatic heterocycles. The number of nitrogens with one attached hydrogen (secondary N) is 1. The van der Waals surface area contributed by atoms with Crippen molar-refractivity contribution in [2.24, 2.45) is 5.73 Å². The zero-order valence-corrected chi connectivity index (χ0v) is 10.6. The normalized spacial score (nSPS) is 14.8. The SMILES string of the molecule is CC(N)CC(=O)NC(CC(F)(F)F)c1ccccc1. The van der Waals surface area contributed by atoms with Gasteiger partial charge in [-0.2, -0.15) is 13.2 Å². The van der Waals surface area contributed by atoms with E-state index in [1.807, 2.05) is 0 Å². The molecule has 2 unspecified atom stereocenters. The van der Waals surface area contributed by atoms with Crippen molar-refractivity contribution in [1.29, 1.82) is 0 Å². The van der Waals surface area contributed by atoms with Crippen molar-refractivity contribution in [3.05, 3.63) is 35.9 Å². The standard InChI is InChI=1S/C13H17F3N2O/c1-9(17)7-12(19)18-11(8-13(14,15)16)10-5-3-2-4-6-10/h2-6,9,11H,7-8,17H2,1H3,(H,18,19). The first-order valence-corrected chi connectivity index (χ1v) is 5.94. The van der Waals surface area contributed by atoms with E-state index in [2.05, 4.69) is 5.32 Å². The number of alkyl halides is 3. The molecule has 0 heterocycles. The quantitative estimate of drug-likeness (QED) is 0.867. The first-order valence-electron chi connectivity index (χ1n) is 5.94. The van der Waals surface area contributed by atoms with Crippen LogP contribution in [0.1, 0.15) is 31.4 Å². The van der Waals surface area contributed by atoms with Gasteiger partial charge in [-0.3, -0.25) is 4.79 Å². The van der Waals surface area contributed by atoms with E-state index in [0.717, 1.165) is 0 Å². The predicted molar refractivity (Wildman–Crippen MR) is 66.3 cm³/mol. The summed E-state index contributed by atoms with van der Waals surface area (Å²) in [5.74, 6) is -0.479. The third-order valence-electron chi connectivity index (χ3n) is 2.48. The highest BCUT2D eigenvalue weighted by Crippen LogP contribution is 2.29. The van der Waals surface area contributed by atoms with E-state index in [0.29, 0.717) is 5.56 Å². The van der Waals surface area contributed by atoms with Crippen molar-refractivity contribution in [1.82, 2.24) is 5.32 Å². The van der Waals surface area contributed by atoms with Gasteiger partial charge in [0.25, 0.3) is 0 Å². The summed E-state index contributed by atoms with van der Waals surface area (Å²) in [6.07, 6.45) is -5.44. The molecular formula is C13H17F3N2O. The van der Waals surface area contributed by atoms with Crippen LogP contribution in [0, 0.1) is 0 Å². The van der Waals surface area contributed by atoms with Gasteiger partial charge in [-0.25, -0.2) is 0 Å². The van der Waals surface area contributed by atoms with E-state index in [4.69, 9.17) is 5.73 Å². The van der Waals surface area contributed by atoms with Crippen molar-refractivity contribution >= 4 is 5.91 Å². The zero-order valence-electron chi connectivity index (χ0n) is 10.6. The maximum absolute atomic E-state index is 12.5. The fourth-order valence-corrected chi connectivity index (χ4v) is 1.71. The largest absolute Gasteiger partial charge is 0.391 e. The fourth-order valence-electron chi connectivity index (χ4n) is 1.71. The van der Waals surface area contributed by atoms with Crippen LogP contribution in [-0.4, -0.2) is 18.1 Å². The van der Waals surface area contributed by atoms with Crippen LogP contribution in [-0.2, 0) is 4.79 Å². The minimum Gasteiger partial charge on any atom is -0.349 e. The van der Waals surface area contributed by atoms with Crippen LogP contribution in [0.25, 0.3) is 0 Å². The smallest absolute Gasteiger partial charge is 0.349 e. The molecule has 1 aromatic rings. The summed E-state index contributed by atoms with van der Waals surface area (Å²) < 4.78 is 37.6. The van der Waals surface area contributed by atoms with Gasteiger partial charge in [-0.1, -0.05) is 30.3 Å². The lowest BCUT2D eigenvalue weighted by atomic mass is 10.0. The number of benzene rings is 1. The molecule has 106 valence electrons. The van der Waals surface area contributed by atoms with Gasteiger partial charge < -0.3 is 11.1 Å².